The molecule has 134 valence electrons. The van der Waals surface area contributed by atoms with Crippen molar-refractivity contribution in [1.29, 1.82) is 0 Å². The highest BCUT2D eigenvalue weighted by molar-refractivity contribution is 6.07. The molecule has 3 rings (SSSR count). The molecular formula is C21H23N3O2. The first kappa shape index (κ1) is 17.7. The van der Waals surface area contributed by atoms with E-state index in [9.17, 15) is 9.59 Å². The van der Waals surface area contributed by atoms with Crippen LogP contribution in [0.25, 0.3) is 5.70 Å². The molecule has 2 aromatic carbocycles. The van der Waals surface area contributed by atoms with Crippen LogP contribution in [0.3, 0.4) is 0 Å². The Morgan fingerprint density at radius 2 is 1.54 bits per heavy atom. The number of carbonyl (C=O) groups is 2. The van der Waals surface area contributed by atoms with Gasteiger partial charge in [0.15, 0.2) is 0 Å². The Hall–Kier alpha value is -3.08. The zero-order valence-electron chi connectivity index (χ0n) is 15.0. The lowest BCUT2D eigenvalue weighted by atomic mass is 9.91. The smallest absolute Gasteiger partial charge is 0.320 e. The third kappa shape index (κ3) is 3.47. The van der Waals surface area contributed by atoms with Gasteiger partial charge in [0.2, 0.25) is 0 Å². The predicted octanol–water partition coefficient (Wildman–Crippen LogP) is 3.32. The van der Waals surface area contributed by atoms with Gasteiger partial charge in [-0.25, -0.2) is 4.79 Å². The van der Waals surface area contributed by atoms with E-state index < -0.39 is 6.04 Å². The second-order valence-electron chi connectivity index (χ2n) is 6.07. The van der Waals surface area contributed by atoms with E-state index in [1.807, 2.05) is 74.5 Å². The van der Waals surface area contributed by atoms with Crippen molar-refractivity contribution in [3.05, 3.63) is 77.4 Å². The maximum atomic E-state index is 13.3. The molecule has 0 spiro atoms. The summed E-state index contributed by atoms with van der Waals surface area (Å²) >= 11 is 0. The third-order valence-electron chi connectivity index (χ3n) is 4.55. The zero-order valence-corrected chi connectivity index (χ0v) is 15.0. The molecule has 5 nitrogen and oxygen atoms in total. The summed E-state index contributed by atoms with van der Waals surface area (Å²) in [7, 11) is 0. The summed E-state index contributed by atoms with van der Waals surface area (Å²) in [5.74, 6) is -0.0739. The van der Waals surface area contributed by atoms with E-state index in [0.29, 0.717) is 24.4 Å². The lowest BCUT2D eigenvalue weighted by molar-refractivity contribution is -0.127. The maximum Gasteiger partial charge on any atom is 0.320 e. The third-order valence-corrected chi connectivity index (χ3v) is 4.55. The number of hydrogen-bond donors (Lipinski definition) is 2. The van der Waals surface area contributed by atoms with Gasteiger partial charge in [0, 0.05) is 13.1 Å². The molecule has 3 amide bonds. The van der Waals surface area contributed by atoms with Crippen LogP contribution < -0.4 is 10.6 Å². The van der Waals surface area contributed by atoms with Crippen molar-refractivity contribution in [2.24, 2.45) is 0 Å². The van der Waals surface area contributed by atoms with E-state index in [4.69, 9.17) is 0 Å². The molecule has 1 heterocycles. The van der Waals surface area contributed by atoms with E-state index in [-0.39, 0.29) is 11.9 Å². The Morgan fingerprint density at radius 3 is 2.12 bits per heavy atom. The Kier molecular flexibility index (Phi) is 5.37. The van der Waals surface area contributed by atoms with E-state index in [1.165, 1.54) is 0 Å². The van der Waals surface area contributed by atoms with E-state index in [1.54, 1.807) is 4.90 Å². The normalized spacial score (nSPS) is 16.7. The molecule has 0 aliphatic carbocycles. The van der Waals surface area contributed by atoms with Crippen molar-refractivity contribution >= 4 is 17.6 Å². The van der Waals surface area contributed by atoms with E-state index in [2.05, 4.69) is 10.6 Å². The number of urea groups is 1. The Balaban J connectivity index is 2.19. The molecule has 0 radical (unpaired) electrons. The van der Waals surface area contributed by atoms with Crippen LogP contribution in [0.1, 0.15) is 31.0 Å². The van der Waals surface area contributed by atoms with Gasteiger partial charge < -0.3 is 15.5 Å². The lowest BCUT2D eigenvalue weighted by Crippen LogP contribution is -2.47. The van der Waals surface area contributed by atoms with Crippen molar-refractivity contribution < 1.29 is 9.59 Å². The molecule has 0 fully saturated rings. The molecule has 2 aromatic rings. The average molecular weight is 349 g/mol. The summed E-state index contributed by atoms with van der Waals surface area (Å²) in [5, 5.41) is 5.76. The molecule has 0 saturated heterocycles. The van der Waals surface area contributed by atoms with Crippen LogP contribution in [-0.4, -0.2) is 29.9 Å². The number of carbonyl (C=O) groups excluding carboxylic acids is 2. The quantitative estimate of drug-likeness (QED) is 0.870. The number of benzene rings is 2. The van der Waals surface area contributed by atoms with Gasteiger partial charge in [0.05, 0.1) is 17.3 Å². The Labute approximate surface area is 153 Å². The average Bonchev–Trinajstić information content (AvgIpc) is 2.69. The Morgan fingerprint density at radius 1 is 0.962 bits per heavy atom. The minimum Gasteiger partial charge on any atom is -0.339 e. The van der Waals surface area contributed by atoms with Crippen molar-refractivity contribution in [1.82, 2.24) is 15.5 Å². The topological polar surface area (TPSA) is 61.4 Å². The molecule has 0 unspecified atom stereocenters. The standard InChI is InChI=1S/C21H23N3O2/c1-3-24(4-2)20(25)17-18(15-11-7-5-8-12-15)22-21(26)23-19(17)16-13-9-6-10-14-16/h5-14,18H,3-4H2,1-2H3,(H2,22,23,26)/t18-/m1/s1. The van der Waals surface area contributed by atoms with Crippen molar-refractivity contribution in [2.45, 2.75) is 19.9 Å². The van der Waals surface area contributed by atoms with Crippen LogP contribution in [0.4, 0.5) is 4.79 Å². The van der Waals surface area contributed by atoms with Crippen LogP contribution in [0.5, 0.6) is 0 Å². The van der Waals surface area contributed by atoms with Crippen molar-refractivity contribution in [3.8, 4) is 0 Å². The number of rotatable bonds is 5. The first-order valence-electron chi connectivity index (χ1n) is 8.87. The maximum absolute atomic E-state index is 13.3. The fraction of sp³-hybridized carbons (Fsp3) is 0.238. The van der Waals surface area contributed by atoms with Crippen molar-refractivity contribution in [3.63, 3.8) is 0 Å². The number of nitrogens with zero attached hydrogens (tertiary/aromatic N) is 1. The van der Waals surface area contributed by atoms with Crippen LogP contribution >= 0.6 is 0 Å². The summed E-state index contributed by atoms with van der Waals surface area (Å²) in [6.07, 6.45) is 0. The van der Waals surface area contributed by atoms with Crippen LogP contribution in [0, 0.1) is 0 Å². The molecule has 1 atom stereocenters. The van der Waals surface area contributed by atoms with E-state index >= 15 is 0 Å². The summed E-state index contributed by atoms with van der Waals surface area (Å²) in [4.78, 5) is 27.4. The molecule has 1 aliphatic heterocycles. The number of amides is 3. The minimum absolute atomic E-state index is 0.0739. The van der Waals surface area contributed by atoms with Crippen molar-refractivity contribution in [2.75, 3.05) is 13.1 Å². The lowest BCUT2D eigenvalue weighted by Gasteiger charge is -2.32. The summed E-state index contributed by atoms with van der Waals surface area (Å²) in [5.41, 5.74) is 2.83. The van der Waals surface area contributed by atoms with Crippen LogP contribution in [0.15, 0.2) is 66.2 Å². The second-order valence-corrected chi connectivity index (χ2v) is 6.07. The van der Waals surface area contributed by atoms with Gasteiger partial charge >= 0.3 is 6.03 Å². The highest BCUT2D eigenvalue weighted by Gasteiger charge is 2.34. The van der Waals surface area contributed by atoms with Gasteiger partial charge in [-0.2, -0.15) is 0 Å². The Bertz CT molecular complexity index is 812. The highest BCUT2D eigenvalue weighted by Crippen LogP contribution is 2.32. The number of hydrogen-bond acceptors (Lipinski definition) is 2. The summed E-state index contributed by atoms with van der Waals surface area (Å²) in [6, 6.07) is 18.3. The minimum atomic E-state index is -0.492. The monoisotopic (exact) mass is 349 g/mol. The zero-order chi connectivity index (χ0) is 18.5. The molecule has 0 saturated carbocycles. The molecule has 1 aliphatic rings. The van der Waals surface area contributed by atoms with Crippen LogP contribution in [0.2, 0.25) is 0 Å². The highest BCUT2D eigenvalue weighted by atomic mass is 16.2. The number of nitrogens with one attached hydrogen (secondary N) is 2. The molecule has 0 aromatic heterocycles. The molecule has 5 heteroatoms. The summed E-state index contributed by atoms with van der Waals surface area (Å²) < 4.78 is 0. The number of likely N-dealkylation sites (N-methyl/N-ethyl adjacent to an activating group) is 1. The molecule has 26 heavy (non-hydrogen) atoms. The second kappa shape index (κ2) is 7.87. The SMILES string of the molecule is CCN(CC)C(=O)C1=C(c2ccccc2)NC(=O)N[C@@H]1c1ccccc1. The van der Waals surface area contributed by atoms with Gasteiger partial charge in [0.1, 0.15) is 0 Å². The molecular weight excluding hydrogens is 326 g/mol. The molecule has 2 N–H and O–H groups in total. The fourth-order valence-electron chi connectivity index (χ4n) is 3.20. The first-order valence-corrected chi connectivity index (χ1v) is 8.87. The predicted molar refractivity (Wildman–Crippen MR) is 102 cm³/mol. The van der Waals surface area contributed by atoms with E-state index in [0.717, 1.165) is 11.1 Å². The molecule has 0 bridgehead atoms. The van der Waals surface area contributed by atoms with Gasteiger partial charge in [-0.15, -0.1) is 0 Å². The van der Waals surface area contributed by atoms with Gasteiger partial charge in [-0.05, 0) is 25.0 Å². The fourth-order valence-corrected chi connectivity index (χ4v) is 3.20. The van der Waals surface area contributed by atoms with Gasteiger partial charge in [-0.1, -0.05) is 60.7 Å². The van der Waals surface area contributed by atoms with Gasteiger partial charge in [-0.3, -0.25) is 4.79 Å². The largest absolute Gasteiger partial charge is 0.339 e. The summed E-state index contributed by atoms with van der Waals surface area (Å²) in [6.45, 7) is 5.12. The van der Waals surface area contributed by atoms with Gasteiger partial charge in [0.25, 0.3) is 5.91 Å². The van der Waals surface area contributed by atoms with Crippen LogP contribution in [-0.2, 0) is 4.79 Å². The first-order chi connectivity index (χ1) is 12.7.